The monoisotopic (exact) mass is 439 g/mol. The number of hydrogen-bond acceptors (Lipinski definition) is 5. The van der Waals surface area contributed by atoms with E-state index in [1.807, 2.05) is 0 Å². The lowest BCUT2D eigenvalue weighted by molar-refractivity contribution is -0.121. The molecule has 4 N–H and O–H groups in total. The maximum atomic E-state index is 12.2. The van der Waals surface area contributed by atoms with E-state index in [1.165, 1.54) is 24.3 Å². The zero-order valence-corrected chi connectivity index (χ0v) is 17.9. The van der Waals surface area contributed by atoms with Crippen LogP contribution in [0.5, 0.6) is 0 Å². The predicted octanol–water partition coefficient (Wildman–Crippen LogP) is 1.27. The first-order chi connectivity index (χ1) is 13.5. The summed E-state index contributed by atoms with van der Waals surface area (Å²) in [6.45, 7) is 3.68. The van der Waals surface area contributed by atoms with Gasteiger partial charge in [-0.25, -0.2) is 26.7 Å². The smallest absolute Gasteiger partial charge is 0.240 e. The van der Waals surface area contributed by atoms with Crippen molar-refractivity contribution in [2.24, 2.45) is 5.14 Å². The summed E-state index contributed by atoms with van der Waals surface area (Å²) in [6.07, 6.45) is 0.644. The van der Waals surface area contributed by atoms with Crippen LogP contribution in [0.2, 0.25) is 0 Å². The third kappa shape index (κ3) is 7.24. The van der Waals surface area contributed by atoms with Gasteiger partial charge in [-0.1, -0.05) is 24.3 Å². The van der Waals surface area contributed by atoms with Crippen molar-refractivity contribution in [1.82, 2.24) is 10.0 Å². The number of amides is 1. The number of aryl methyl sites for hydroxylation is 1. The van der Waals surface area contributed by atoms with Crippen LogP contribution in [0.25, 0.3) is 0 Å². The molecule has 10 heteroatoms. The molecule has 0 heterocycles. The molecule has 0 spiro atoms. The summed E-state index contributed by atoms with van der Waals surface area (Å²) in [4.78, 5) is 12.3. The number of carbonyl (C=O) groups excluding carboxylic acids is 1. The summed E-state index contributed by atoms with van der Waals surface area (Å²) in [5.41, 5.74) is 1.47. The van der Waals surface area contributed by atoms with E-state index in [2.05, 4.69) is 10.0 Å². The zero-order valence-electron chi connectivity index (χ0n) is 16.3. The van der Waals surface area contributed by atoms with Crippen LogP contribution in [-0.2, 0) is 37.8 Å². The summed E-state index contributed by atoms with van der Waals surface area (Å²) in [7, 11) is -7.33. The topological polar surface area (TPSA) is 135 Å². The van der Waals surface area contributed by atoms with Crippen molar-refractivity contribution in [3.05, 3.63) is 59.7 Å². The number of hydrogen-bond donors (Lipinski definition) is 3. The molecule has 0 atom stereocenters. The Morgan fingerprint density at radius 2 is 1.62 bits per heavy atom. The molecule has 1 amide bonds. The third-order valence-electron chi connectivity index (χ3n) is 3.98. The molecule has 8 nitrogen and oxygen atoms in total. The van der Waals surface area contributed by atoms with Crippen molar-refractivity contribution in [2.45, 2.75) is 49.1 Å². The Kier molecular flexibility index (Phi) is 7.53. The van der Waals surface area contributed by atoms with Gasteiger partial charge in [0.2, 0.25) is 26.0 Å². The lowest BCUT2D eigenvalue weighted by Crippen LogP contribution is -2.30. The average molecular weight is 440 g/mol. The van der Waals surface area contributed by atoms with Gasteiger partial charge in [0.15, 0.2) is 0 Å². The summed E-state index contributed by atoms with van der Waals surface area (Å²) in [6, 6.07) is 12.2. The van der Waals surface area contributed by atoms with E-state index in [-0.39, 0.29) is 34.7 Å². The molecule has 0 saturated carbocycles. The SMILES string of the molecule is CC(C)NS(=O)(=O)c1cccc(CNC(=O)CCc2ccc(S(N)(=O)=O)cc2)c1. The van der Waals surface area contributed by atoms with E-state index in [0.29, 0.717) is 12.0 Å². The molecule has 0 aliphatic heterocycles. The number of nitrogens with one attached hydrogen (secondary N) is 2. The molecule has 29 heavy (non-hydrogen) atoms. The van der Waals surface area contributed by atoms with Crippen molar-refractivity contribution < 1.29 is 21.6 Å². The van der Waals surface area contributed by atoms with Crippen molar-refractivity contribution >= 4 is 26.0 Å². The largest absolute Gasteiger partial charge is 0.352 e. The van der Waals surface area contributed by atoms with Crippen LogP contribution in [-0.4, -0.2) is 28.8 Å². The Balaban J connectivity index is 1.90. The highest BCUT2D eigenvalue weighted by molar-refractivity contribution is 7.89. The summed E-state index contributed by atoms with van der Waals surface area (Å²) in [5, 5.41) is 7.81. The minimum atomic E-state index is -3.74. The second-order valence-electron chi connectivity index (χ2n) is 6.89. The second-order valence-corrected chi connectivity index (χ2v) is 10.2. The van der Waals surface area contributed by atoms with E-state index in [9.17, 15) is 21.6 Å². The molecule has 0 aromatic heterocycles. The molecule has 0 unspecified atom stereocenters. The Bertz CT molecular complexity index is 1060. The number of nitrogens with two attached hydrogens (primary N) is 1. The number of carbonyl (C=O) groups is 1. The number of benzene rings is 2. The van der Waals surface area contributed by atoms with Crippen LogP contribution in [0.15, 0.2) is 58.3 Å². The van der Waals surface area contributed by atoms with Gasteiger partial charge in [0.1, 0.15) is 0 Å². The van der Waals surface area contributed by atoms with Gasteiger partial charge in [-0.3, -0.25) is 4.79 Å². The predicted molar refractivity (Wildman–Crippen MR) is 110 cm³/mol. The minimum Gasteiger partial charge on any atom is -0.352 e. The van der Waals surface area contributed by atoms with Crippen LogP contribution < -0.4 is 15.2 Å². The van der Waals surface area contributed by atoms with E-state index in [1.54, 1.807) is 38.1 Å². The molecule has 2 rings (SSSR count). The molecule has 2 aromatic carbocycles. The normalized spacial score (nSPS) is 12.1. The molecule has 2 aromatic rings. The molecular formula is C19H25N3O5S2. The van der Waals surface area contributed by atoms with Crippen molar-refractivity contribution in [3.8, 4) is 0 Å². The molecular weight excluding hydrogens is 414 g/mol. The van der Waals surface area contributed by atoms with Gasteiger partial charge in [-0.15, -0.1) is 0 Å². The third-order valence-corrected chi connectivity index (χ3v) is 6.57. The quantitative estimate of drug-likeness (QED) is 0.541. The average Bonchev–Trinajstić information content (AvgIpc) is 2.63. The van der Waals surface area contributed by atoms with Crippen LogP contribution in [0.1, 0.15) is 31.4 Å². The van der Waals surface area contributed by atoms with E-state index < -0.39 is 20.0 Å². The standard InChI is InChI=1S/C19H25N3O5S2/c1-14(2)22-29(26,27)18-5-3-4-16(12-18)13-21-19(23)11-8-15-6-9-17(10-7-15)28(20,24)25/h3-7,9-10,12,14,22H,8,11,13H2,1-2H3,(H,21,23)(H2,20,24,25). The van der Waals surface area contributed by atoms with Crippen LogP contribution in [0.3, 0.4) is 0 Å². The highest BCUT2D eigenvalue weighted by Crippen LogP contribution is 2.13. The Morgan fingerprint density at radius 3 is 2.21 bits per heavy atom. The van der Waals surface area contributed by atoms with Gasteiger partial charge in [-0.05, 0) is 55.7 Å². The van der Waals surface area contributed by atoms with Gasteiger partial charge in [0, 0.05) is 19.0 Å². The molecule has 0 bridgehead atoms. The maximum absolute atomic E-state index is 12.2. The molecule has 0 fully saturated rings. The number of primary sulfonamides is 1. The van der Waals surface area contributed by atoms with Crippen molar-refractivity contribution in [3.63, 3.8) is 0 Å². The Hall–Kier alpha value is -2.27. The molecule has 0 aliphatic rings. The number of sulfonamides is 2. The van der Waals surface area contributed by atoms with Gasteiger partial charge < -0.3 is 5.32 Å². The summed E-state index contributed by atoms with van der Waals surface area (Å²) in [5.74, 6) is -0.200. The van der Waals surface area contributed by atoms with Gasteiger partial charge in [0.05, 0.1) is 9.79 Å². The molecule has 0 radical (unpaired) electrons. The fraction of sp³-hybridized carbons (Fsp3) is 0.316. The number of rotatable bonds is 9. The first kappa shape index (κ1) is 23.0. The van der Waals surface area contributed by atoms with Crippen LogP contribution in [0, 0.1) is 0 Å². The molecule has 158 valence electrons. The second kappa shape index (κ2) is 9.49. The maximum Gasteiger partial charge on any atom is 0.240 e. The first-order valence-electron chi connectivity index (χ1n) is 8.97. The summed E-state index contributed by atoms with van der Waals surface area (Å²) >= 11 is 0. The Labute approximate surface area is 171 Å². The highest BCUT2D eigenvalue weighted by Gasteiger charge is 2.15. The minimum absolute atomic E-state index is 0.0208. The molecule has 0 aliphatic carbocycles. The van der Waals surface area contributed by atoms with E-state index in [0.717, 1.165) is 5.56 Å². The first-order valence-corrected chi connectivity index (χ1v) is 12.0. The summed E-state index contributed by atoms with van der Waals surface area (Å²) < 4.78 is 49.5. The van der Waals surface area contributed by atoms with Crippen LogP contribution >= 0.6 is 0 Å². The fourth-order valence-corrected chi connectivity index (χ4v) is 4.43. The van der Waals surface area contributed by atoms with Crippen molar-refractivity contribution in [2.75, 3.05) is 0 Å². The zero-order chi connectivity index (χ0) is 21.7. The lowest BCUT2D eigenvalue weighted by atomic mass is 10.1. The van der Waals surface area contributed by atoms with Gasteiger partial charge in [-0.2, -0.15) is 0 Å². The lowest BCUT2D eigenvalue weighted by Gasteiger charge is -2.11. The molecule has 0 saturated heterocycles. The highest BCUT2D eigenvalue weighted by atomic mass is 32.2. The van der Waals surface area contributed by atoms with Gasteiger partial charge in [0.25, 0.3) is 0 Å². The van der Waals surface area contributed by atoms with Crippen LogP contribution in [0.4, 0.5) is 0 Å². The van der Waals surface area contributed by atoms with E-state index >= 15 is 0 Å². The van der Waals surface area contributed by atoms with Crippen molar-refractivity contribution in [1.29, 1.82) is 0 Å². The fourth-order valence-electron chi connectivity index (χ4n) is 2.59. The van der Waals surface area contributed by atoms with E-state index in [4.69, 9.17) is 5.14 Å². The Morgan fingerprint density at radius 1 is 0.966 bits per heavy atom. The van der Waals surface area contributed by atoms with Gasteiger partial charge >= 0.3 is 0 Å².